The van der Waals surface area contributed by atoms with Crippen molar-refractivity contribution in [2.24, 2.45) is 0 Å². The second kappa shape index (κ2) is 12.7. The summed E-state index contributed by atoms with van der Waals surface area (Å²) in [5.41, 5.74) is 6.18. The molecular weight excluding hydrogens is 666 g/mol. The third kappa shape index (κ3) is 6.21. The zero-order valence-corrected chi connectivity index (χ0v) is 24.7. The Morgan fingerprint density at radius 3 is 2.78 bits per heavy atom. The van der Waals surface area contributed by atoms with Crippen LogP contribution in [0, 0.1) is 5.21 Å². The van der Waals surface area contributed by atoms with Gasteiger partial charge in [0.2, 0.25) is 0 Å². The van der Waals surface area contributed by atoms with Gasteiger partial charge >= 0.3 is 6.09 Å². The molecule has 2 unspecified atom stereocenters. The third-order valence-electron chi connectivity index (χ3n) is 6.51. The van der Waals surface area contributed by atoms with Gasteiger partial charge < -0.3 is 20.4 Å². The van der Waals surface area contributed by atoms with E-state index in [9.17, 15) is 10.0 Å². The second-order valence-electron chi connectivity index (χ2n) is 8.90. The maximum Gasteiger partial charge on any atom is 0.411 e. The molecule has 2 atom stereocenters. The first-order valence-corrected chi connectivity index (χ1v) is 15.9. The van der Waals surface area contributed by atoms with Crippen LogP contribution >= 0.6 is 32.3 Å². The predicted octanol–water partition coefficient (Wildman–Crippen LogP) is 5.54. The van der Waals surface area contributed by atoms with Crippen molar-refractivity contribution in [2.75, 3.05) is 17.4 Å². The van der Waals surface area contributed by atoms with Crippen molar-refractivity contribution < 1.29 is 13.9 Å². The highest BCUT2D eigenvalue weighted by molar-refractivity contribution is 14.2. The molecule has 0 aliphatic heterocycles. The molecule has 1 saturated carbocycles. The Hall–Kier alpha value is -3.95. The van der Waals surface area contributed by atoms with Crippen LogP contribution in [0.2, 0.25) is 5.02 Å². The Bertz CT molecular complexity index is 1640. The van der Waals surface area contributed by atoms with Gasteiger partial charge in [0.15, 0.2) is 0 Å². The molecule has 2 heterocycles. The summed E-state index contributed by atoms with van der Waals surface area (Å²) in [7, 11) is 1.30. The molecule has 1 fully saturated rings. The Balaban J connectivity index is 1.45. The molecule has 0 radical (unpaired) electrons. The van der Waals surface area contributed by atoms with E-state index in [1.165, 1.54) is 24.3 Å². The van der Waals surface area contributed by atoms with Crippen molar-refractivity contribution in [1.82, 2.24) is 35.7 Å². The molecule has 0 spiro atoms. The largest absolute Gasteiger partial charge is 0.761 e. The van der Waals surface area contributed by atoms with Crippen LogP contribution in [0.15, 0.2) is 72.8 Å². The lowest BCUT2D eigenvalue weighted by Crippen LogP contribution is -2.10. The number of H-pyrrole nitrogens is 1. The van der Waals surface area contributed by atoms with Gasteiger partial charge in [-0.05, 0) is 84.6 Å². The summed E-state index contributed by atoms with van der Waals surface area (Å²) >= 11 is 5.75. The van der Waals surface area contributed by atoms with E-state index in [-0.39, 0.29) is 12.3 Å². The predicted molar refractivity (Wildman–Crippen MR) is 164 cm³/mol. The highest BCUT2D eigenvalue weighted by Crippen LogP contribution is 2.41. The first kappa shape index (κ1) is 28.6. The number of hydrogen-bond donors (Lipinski definition) is 3. The number of benzene rings is 2. The van der Waals surface area contributed by atoms with Crippen LogP contribution in [-0.2, 0) is 4.74 Å². The number of aromatic nitrogens is 6. The summed E-state index contributed by atoms with van der Waals surface area (Å²) < 4.78 is 22.7. The Labute approximate surface area is 249 Å². The molecule has 0 saturated heterocycles. The number of tetrazole rings is 1. The lowest BCUT2D eigenvalue weighted by Gasteiger charge is -2.15. The van der Waals surface area contributed by atoms with E-state index in [4.69, 9.17) is 11.6 Å². The topological polar surface area (TPSA) is 146 Å². The number of carbonyl (C=O) groups is 1. The molecule has 1 aliphatic carbocycles. The van der Waals surface area contributed by atoms with E-state index in [1.54, 1.807) is 42.6 Å². The van der Waals surface area contributed by atoms with Crippen molar-refractivity contribution >= 4 is 53.2 Å². The minimum absolute atomic E-state index is 0.233. The zero-order chi connectivity index (χ0) is 28.9. The number of nitrogens with zero attached hydrogens (tertiary/aromatic N) is 5. The van der Waals surface area contributed by atoms with Gasteiger partial charge in [-0.1, -0.05) is 23.7 Å². The average Bonchev–Trinajstić information content (AvgIpc) is 3.74. The highest BCUT2D eigenvalue weighted by Gasteiger charge is 2.37. The summed E-state index contributed by atoms with van der Waals surface area (Å²) in [6.45, 7) is 0. The molecule has 14 heteroatoms. The smallest absolute Gasteiger partial charge is 0.411 e. The van der Waals surface area contributed by atoms with Crippen LogP contribution in [0.25, 0.3) is 22.5 Å². The van der Waals surface area contributed by atoms with Crippen LogP contribution in [0.3, 0.4) is 0 Å². The van der Waals surface area contributed by atoms with Crippen molar-refractivity contribution in [3.63, 3.8) is 0 Å². The number of hydrogen-bond acceptors (Lipinski definition) is 8. The zero-order valence-electron chi connectivity index (χ0n) is 21.8. The van der Waals surface area contributed by atoms with Crippen molar-refractivity contribution in [2.45, 2.75) is 18.5 Å². The number of methoxy groups -OCH3 is 1. The molecule has 1 amide bonds. The fraction of sp³-hybridized carbons (Fsp3) is 0.185. The molecule has 2 aromatic heterocycles. The van der Waals surface area contributed by atoms with Crippen LogP contribution < -0.4 is 10.8 Å². The Kier molecular flexibility index (Phi) is 8.85. The van der Waals surface area contributed by atoms with Crippen LogP contribution in [0.1, 0.15) is 23.7 Å². The van der Waals surface area contributed by atoms with Gasteiger partial charge in [-0.25, -0.2) is 14.2 Å². The number of ether oxygens (including phenoxy) is 1. The van der Waals surface area contributed by atoms with Gasteiger partial charge in [0, 0.05) is 16.3 Å². The lowest BCUT2D eigenvalue weighted by atomic mass is 10.00. The second-order valence-corrected chi connectivity index (χ2v) is 11.6. The van der Waals surface area contributed by atoms with Crippen LogP contribution in [0.5, 0.6) is 0 Å². The number of rotatable bonds is 7. The molecule has 4 aromatic rings. The molecule has 0 bridgehead atoms. The number of halogens is 3. The number of allylic oxidation sites excluding steroid dienone is 3. The number of imidazole rings is 1. The molecule has 2 aromatic carbocycles. The summed E-state index contributed by atoms with van der Waals surface area (Å²) in [5.74, 6) is 0.437. The Morgan fingerprint density at radius 2 is 2.10 bits per heavy atom. The molecule has 5 rings (SSSR count). The summed E-state index contributed by atoms with van der Waals surface area (Å²) in [6.07, 6.45) is 4.54. The third-order valence-corrected chi connectivity index (χ3v) is 9.28. The van der Waals surface area contributed by atoms with Gasteiger partial charge in [0.25, 0.3) is 0 Å². The lowest BCUT2D eigenvalue weighted by molar-refractivity contribution is 0.187. The first-order chi connectivity index (χ1) is 19.9. The van der Waals surface area contributed by atoms with Gasteiger partial charge in [0.1, 0.15) is 18.3 Å². The quantitative estimate of drug-likeness (QED) is 0.130. The van der Waals surface area contributed by atoms with E-state index in [2.05, 4.69) is 40.5 Å². The maximum atomic E-state index is 15.7. The normalized spacial score (nSPS) is 19.3. The van der Waals surface area contributed by atoms with Crippen LogP contribution in [0.4, 0.5) is 14.9 Å². The molecule has 41 heavy (non-hydrogen) atoms. The minimum atomic E-state index is -1.25. The molecule has 3 N–H and O–H groups in total. The SMILES string of the molecule is COC(=O)Nc1ccc(-c2cnc(C3CC(F)/C(=C/C(=C\N[O-])c4cc(Cl)ccc4-n4cnnn4)C3=IC)[nH]2)cc1. The van der Waals surface area contributed by atoms with E-state index >= 15 is 4.39 Å². The van der Waals surface area contributed by atoms with E-state index in [1.807, 2.05) is 17.6 Å². The number of hydroxylamine groups is 1. The number of nitrogens with one attached hydrogen (secondary N) is 3. The molecule has 11 nitrogen and oxygen atoms in total. The van der Waals surface area contributed by atoms with Gasteiger partial charge in [-0.3, -0.25) is 5.32 Å². The van der Waals surface area contributed by atoms with Crippen LogP contribution in [-0.4, -0.2) is 58.0 Å². The minimum Gasteiger partial charge on any atom is -0.761 e. The fourth-order valence-electron chi connectivity index (χ4n) is 4.62. The maximum absolute atomic E-state index is 15.7. The number of aromatic amines is 1. The van der Waals surface area contributed by atoms with Crippen molar-refractivity contribution in [1.29, 1.82) is 0 Å². The van der Waals surface area contributed by atoms with Gasteiger partial charge in [-0.2, -0.15) is 4.68 Å². The highest BCUT2D eigenvalue weighted by atomic mass is 127. The van der Waals surface area contributed by atoms with Gasteiger partial charge in [0.05, 0.1) is 30.6 Å². The number of carbonyl (C=O) groups excluding carboxylic acids is 1. The summed E-state index contributed by atoms with van der Waals surface area (Å²) in [4.78, 5) is 21.5. The monoisotopic (exact) mass is 689 g/mol. The standard InChI is InChI=1S/C27H24ClFIN8O3/c1-30-25-20(9-16(12-33-40)19-10-17(28)5-8-24(19)38-14-32-36-37-38)22(29)11-21(25)26-31-13-23(35-26)15-3-6-18(7-4-15)34-27(39)41-2/h3-10,12-14,21-22,33H,11H2,1-2H3,(H,31,35)(H,34,39)/q-1/b16-12+,20-9-. The summed E-state index contributed by atoms with van der Waals surface area (Å²) in [6, 6.07) is 12.3. The molecule has 212 valence electrons. The van der Waals surface area contributed by atoms with Gasteiger partial charge in [-0.15, -0.1) is 25.8 Å². The average molecular weight is 690 g/mol. The fourth-order valence-corrected chi connectivity index (χ4v) is 7.21. The molecule has 1 aliphatic rings. The number of alkyl halides is 2. The number of anilines is 1. The van der Waals surface area contributed by atoms with E-state index < -0.39 is 33.0 Å². The van der Waals surface area contributed by atoms with Crippen molar-refractivity contribution in [3.8, 4) is 16.9 Å². The first-order valence-electron chi connectivity index (χ1n) is 12.3. The van der Waals surface area contributed by atoms with Crippen molar-refractivity contribution in [3.05, 3.63) is 94.5 Å². The Morgan fingerprint density at radius 1 is 1.29 bits per heavy atom. The van der Waals surface area contributed by atoms with E-state index in [0.29, 0.717) is 38.9 Å². The van der Waals surface area contributed by atoms with E-state index in [0.717, 1.165) is 14.8 Å². The number of amides is 1. The summed E-state index contributed by atoms with van der Waals surface area (Å²) in [5, 5.41) is 25.9. The molecular formula is C27H24ClFIN8O3-.